The predicted octanol–water partition coefficient (Wildman–Crippen LogP) is 4.13. The zero-order chi connectivity index (χ0) is 21.6. The number of carbonyl (C=O) groups is 2. The van der Waals surface area contributed by atoms with Crippen LogP contribution >= 0.6 is 12.2 Å². The maximum Gasteiger partial charge on any atom is 0.257 e. The normalized spacial score (nSPS) is 11.0. The average molecular weight is 414 g/mol. The number of anilines is 1. The molecule has 0 aliphatic heterocycles. The summed E-state index contributed by atoms with van der Waals surface area (Å²) in [5.74, 6) is 0.183. The molecule has 29 heavy (non-hydrogen) atoms. The lowest BCUT2D eigenvalue weighted by Crippen LogP contribution is -2.40. The van der Waals surface area contributed by atoms with Gasteiger partial charge in [0.25, 0.3) is 11.8 Å². The molecule has 0 bridgehead atoms. The smallest absolute Gasteiger partial charge is 0.257 e. The molecular formula is C22H27N3O3S. The fourth-order valence-electron chi connectivity index (χ4n) is 2.45. The van der Waals surface area contributed by atoms with Gasteiger partial charge in [0.1, 0.15) is 5.75 Å². The van der Waals surface area contributed by atoms with Crippen molar-refractivity contribution in [2.45, 2.75) is 46.3 Å². The van der Waals surface area contributed by atoms with Gasteiger partial charge in [-0.1, -0.05) is 6.07 Å². The first kappa shape index (κ1) is 22.4. The molecule has 2 rings (SSSR count). The second-order valence-electron chi connectivity index (χ2n) is 7.88. The molecule has 2 amide bonds. The summed E-state index contributed by atoms with van der Waals surface area (Å²) in [6.07, 6.45) is 0.0627. The molecule has 3 N–H and O–H groups in total. The number of amides is 2. The summed E-state index contributed by atoms with van der Waals surface area (Å²) in [4.78, 5) is 24.7. The molecule has 0 fully saturated rings. The van der Waals surface area contributed by atoms with Gasteiger partial charge in [0.2, 0.25) is 0 Å². The number of nitrogens with one attached hydrogen (secondary N) is 3. The van der Waals surface area contributed by atoms with Crippen LogP contribution in [0.5, 0.6) is 5.75 Å². The lowest BCUT2D eigenvalue weighted by molar-refractivity contribution is 0.0918. The van der Waals surface area contributed by atoms with E-state index in [0.29, 0.717) is 22.6 Å². The van der Waals surface area contributed by atoms with Crippen LogP contribution in [0.15, 0.2) is 48.5 Å². The van der Waals surface area contributed by atoms with Gasteiger partial charge in [-0.05, 0) is 89.3 Å². The van der Waals surface area contributed by atoms with Gasteiger partial charge >= 0.3 is 0 Å². The lowest BCUT2D eigenvalue weighted by atomic mass is 10.1. The summed E-state index contributed by atoms with van der Waals surface area (Å²) in [6, 6.07) is 13.7. The fraction of sp³-hybridized carbons (Fsp3) is 0.318. The molecule has 0 aromatic heterocycles. The molecule has 0 aliphatic rings. The van der Waals surface area contributed by atoms with Gasteiger partial charge in [0.15, 0.2) is 5.11 Å². The van der Waals surface area contributed by atoms with Crippen LogP contribution < -0.4 is 20.7 Å². The van der Waals surface area contributed by atoms with E-state index in [-0.39, 0.29) is 28.6 Å². The van der Waals surface area contributed by atoms with Crippen LogP contribution in [0, 0.1) is 0 Å². The van der Waals surface area contributed by atoms with Crippen LogP contribution in [0.4, 0.5) is 5.69 Å². The molecule has 6 nitrogen and oxygen atoms in total. The second kappa shape index (κ2) is 9.52. The van der Waals surface area contributed by atoms with Crippen molar-refractivity contribution < 1.29 is 14.3 Å². The van der Waals surface area contributed by atoms with Crippen LogP contribution in [-0.4, -0.2) is 28.6 Å². The molecule has 154 valence electrons. The highest BCUT2D eigenvalue weighted by Gasteiger charge is 2.16. The van der Waals surface area contributed by atoms with Crippen molar-refractivity contribution in [2.75, 3.05) is 5.32 Å². The summed E-state index contributed by atoms with van der Waals surface area (Å²) in [5, 5.41) is 8.62. The van der Waals surface area contributed by atoms with Crippen LogP contribution in [-0.2, 0) is 0 Å². The van der Waals surface area contributed by atoms with E-state index in [2.05, 4.69) is 16.0 Å². The summed E-state index contributed by atoms with van der Waals surface area (Å²) in [5.41, 5.74) is 1.24. The van der Waals surface area contributed by atoms with E-state index in [1.807, 2.05) is 34.6 Å². The molecule has 0 radical (unpaired) electrons. The van der Waals surface area contributed by atoms with Gasteiger partial charge in [-0.2, -0.15) is 0 Å². The average Bonchev–Trinajstić information content (AvgIpc) is 2.60. The molecule has 0 saturated carbocycles. The Bertz CT molecular complexity index is 887. The van der Waals surface area contributed by atoms with Crippen molar-refractivity contribution >= 4 is 34.8 Å². The Morgan fingerprint density at radius 3 is 2.21 bits per heavy atom. The molecule has 0 atom stereocenters. The van der Waals surface area contributed by atoms with E-state index >= 15 is 0 Å². The van der Waals surface area contributed by atoms with Gasteiger partial charge in [0.05, 0.1) is 6.10 Å². The second-order valence-corrected chi connectivity index (χ2v) is 8.29. The Morgan fingerprint density at radius 2 is 1.62 bits per heavy atom. The maximum atomic E-state index is 12.4. The first-order chi connectivity index (χ1) is 13.5. The summed E-state index contributed by atoms with van der Waals surface area (Å²) >= 11 is 5.22. The van der Waals surface area contributed by atoms with Gasteiger partial charge in [-0.15, -0.1) is 0 Å². The van der Waals surface area contributed by atoms with Crippen LogP contribution in [0.2, 0.25) is 0 Å². The van der Waals surface area contributed by atoms with E-state index in [4.69, 9.17) is 17.0 Å². The highest BCUT2D eigenvalue weighted by molar-refractivity contribution is 7.80. The lowest BCUT2D eigenvalue weighted by Gasteiger charge is -2.20. The van der Waals surface area contributed by atoms with Crippen molar-refractivity contribution in [1.29, 1.82) is 0 Å². The van der Waals surface area contributed by atoms with Crippen molar-refractivity contribution in [3.63, 3.8) is 0 Å². The molecule has 7 heteroatoms. The van der Waals surface area contributed by atoms with Crippen molar-refractivity contribution in [2.24, 2.45) is 0 Å². The number of hydrogen-bond acceptors (Lipinski definition) is 4. The maximum absolute atomic E-state index is 12.4. The van der Waals surface area contributed by atoms with Crippen LogP contribution in [0.1, 0.15) is 55.3 Å². The van der Waals surface area contributed by atoms with Crippen LogP contribution in [0.3, 0.4) is 0 Å². The number of thiocarbonyl (C=S) groups is 1. The van der Waals surface area contributed by atoms with Gasteiger partial charge in [0, 0.05) is 22.4 Å². The monoisotopic (exact) mass is 413 g/mol. The molecule has 2 aromatic rings. The molecular weight excluding hydrogens is 386 g/mol. The zero-order valence-corrected chi connectivity index (χ0v) is 18.1. The number of hydrogen-bond donors (Lipinski definition) is 3. The minimum Gasteiger partial charge on any atom is -0.491 e. The van der Waals surface area contributed by atoms with Gasteiger partial charge in [-0.3, -0.25) is 14.9 Å². The Balaban J connectivity index is 1.97. The van der Waals surface area contributed by atoms with Crippen molar-refractivity contribution in [1.82, 2.24) is 10.6 Å². The van der Waals surface area contributed by atoms with Gasteiger partial charge in [-0.25, -0.2) is 0 Å². The van der Waals surface area contributed by atoms with Gasteiger partial charge < -0.3 is 15.4 Å². The largest absolute Gasteiger partial charge is 0.491 e. The summed E-state index contributed by atoms with van der Waals surface area (Å²) in [6.45, 7) is 9.62. The van der Waals surface area contributed by atoms with Crippen molar-refractivity contribution in [3.05, 3.63) is 59.7 Å². The Labute approximate surface area is 177 Å². The Hall–Kier alpha value is -2.93. The third-order valence-electron chi connectivity index (χ3n) is 3.59. The van der Waals surface area contributed by atoms with E-state index in [1.54, 1.807) is 48.5 Å². The minimum absolute atomic E-state index is 0.0627. The third kappa shape index (κ3) is 7.54. The highest BCUT2D eigenvalue weighted by Crippen LogP contribution is 2.15. The fourth-order valence-corrected chi connectivity index (χ4v) is 2.66. The number of carbonyl (C=O) groups excluding carboxylic acids is 2. The number of benzene rings is 2. The standard InChI is InChI=1S/C22H27N3O3S/c1-14(2)28-18-11-9-15(10-12-18)19(26)24-21(29)23-17-8-6-7-16(13-17)20(27)25-22(3,4)5/h6-14H,1-5H3,(H,25,27)(H2,23,24,26,29). The molecule has 2 aromatic carbocycles. The Morgan fingerprint density at radius 1 is 0.966 bits per heavy atom. The van der Waals surface area contributed by atoms with E-state index in [9.17, 15) is 9.59 Å². The van der Waals surface area contributed by atoms with E-state index in [1.165, 1.54) is 0 Å². The molecule has 0 aliphatic carbocycles. The SMILES string of the molecule is CC(C)Oc1ccc(C(=O)NC(=S)Nc2cccc(C(=O)NC(C)(C)C)c2)cc1. The van der Waals surface area contributed by atoms with Crippen molar-refractivity contribution in [3.8, 4) is 5.75 Å². The van der Waals surface area contributed by atoms with Crippen LogP contribution in [0.25, 0.3) is 0 Å². The topological polar surface area (TPSA) is 79.5 Å². The summed E-state index contributed by atoms with van der Waals surface area (Å²) < 4.78 is 5.57. The van der Waals surface area contributed by atoms with E-state index < -0.39 is 0 Å². The third-order valence-corrected chi connectivity index (χ3v) is 3.79. The first-order valence-corrected chi connectivity index (χ1v) is 9.76. The Kier molecular flexibility index (Phi) is 7.34. The summed E-state index contributed by atoms with van der Waals surface area (Å²) in [7, 11) is 0. The molecule has 0 unspecified atom stereocenters. The molecule has 0 saturated heterocycles. The number of rotatable bonds is 5. The highest BCUT2D eigenvalue weighted by atomic mass is 32.1. The zero-order valence-electron chi connectivity index (χ0n) is 17.3. The number of ether oxygens (including phenoxy) is 1. The quantitative estimate of drug-likeness (QED) is 0.643. The van der Waals surface area contributed by atoms with E-state index in [0.717, 1.165) is 0 Å². The molecule has 0 heterocycles. The molecule has 0 spiro atoms. The minimum atomic E-state index is -0.334. The first-order valence-electron chi connectivity index (χ1n) is 9.35. The predicted molar refractivity (Wildman–Crippen MR) is 120 cm³/mol.